The molecule has 18 heavy (non-hydrogen) atoms. The first-order valence-electron chi connectivity index (χ1n) is 5.06. The molecule has 1 heterocycles. The first-order chi connectivity index (χ1) is 8.49. The van der Waals surface area contributed by atoms with Crippen molar-refractivity contribution in [2.75, 3.05) is 5.32 Å². The van der Waals surface area contributed by atoms with Crippen LogP contribution in [0.1, 0.15) is 10.4 Å². The van der Waals surface area contributed by atoms with Crippen LogP contribution in [0.4, 0.5) is 18.9 Å². The first kappa shape index (κ1) is 12.2. The van der Waals surface area contributed by atoms with Gasteiger partial charge in [0.05, 0.1) is 11.3 Å². The van der Waals surface area contributed by atoms with E-state index in [1.165, 1.54) is 12.3 Å². The van der Waals surface area contributed by atoms with E-state index in [1.54, 1.807) is 17.8 Å². The van der Waals surface area contributed by atoms with Crippen LogP contribution in [0.2, 0.25) is 0 Å². The van der Waals surface area contributed by atoms with Crippen molar-refractivity contribution in [3.8, 4) is 0 Å². The summed E-state index contributed by atoms with van der Waals surface area (Å²) in [7, 11) is 1.72. The van der Waals surface area contributed by atoms with Crippen molar-refractivity contribution >= 4 is 11.6 Å². The number of anilines is 1. The number of rotatable bonds is 2. The van der Waals surface area contributed by atoms with E-state index >= 15 is 0 Å². The van der Waals surface area contributed by atoms with Gasteiger partial charge in [0.1, 0.15) is 0 Å². The summed E-state index contributed by atoms with van der Waals surface area (Å²) in [4.78, 5) is 11.7. The zero-order valence-corrected chi connectivity index (χ0v) is 9.38. The van der Waals surface area contributed by atoms with Gasteiger partial charge in [-0.15, -0.1) is 0 Å². The van der Waals surface area contributed by atoms with Gasteiger partial charge in [-0.3, -0.25) is 4.79 Å². The third-order valence-electron chi connectivity index (χ3n) is 2.38. The van der Waals surface area contributed by atoms with Crippen LogP contribution in [0.5, 0.6) is 0 Å². The second kappa shape index (κ2) is 4.56. The maximum absolute atomic E-state index is 13.3. The molecule has 0 aliphatic heterocycles. The van der Waals surface area contributed by atoms with E-state index in [2.05, 4.69) is 5.32 Å². The molecule has 0 spiro atoms. The fourth-order valence-electron chi connectivity index (χ4n) is 1.45. The number of hydrogen-bond donors (Lipinski definition) is 1. The van der Waals surface area contributed by atoms with Gasteiger partial charge in [0.15, 0.2) is 17.5 Å². The van der Waals surface area contributed by atoms with E-state index in [0.29, 0.717) is 5.56 Å². The second-order valence-electron chi connectivity index (χ2n) is 3.74. The quantitative estimate of drug-likeness (QED) is 0.821. The summed E-state index contributed by atoms with van der Waals surface area (Å²) in [5.41, 5.74) is -0.107. The molecule has 0 atom stereocenters. The molecule has 0 radical (unpaired) electrons. The van der Waals surface area contributed by atoms with Gasteiger partial charge < -0.3 is 9.88 Å². The van der Waals surface area contributed by atoms with Gasteiger partial charge >= 0.3 is 0 Å². The van der Waals surface area contributed by atoms with Crippen LogP contribution in [0.3, 0.4) is 0 Å². The second-order valence-corrected chi connectivity index (χ2v) is 3.74. The summed E-state index contributed by atoms with van der Waals surface area (Å²) in [6.45, 7) is 0. The van der Waals surface area contributed by atoms with Crippen molar-refractivity contribution < 1.29 is 18.0 Å². The van der Waals surface area contributed by atoms with E-state index in [4.69, 9.17) is 0 Å². The smallest absolute Gasteiger partial charge is 0.257 e. The predicted octanol–water partition coefficient (Wildman–Crippen LogP) is 2.69. The largest absolute Gasteiger partial charge is 0.356 e. The summed E-state index contributed by atoms with van der Waals surface area (Å²) in [5.74, 6) is -4.93. The molecule has 6 heteroatoms. The highest BCUT2D eigenvalue weighted by Gasteiger charge is 2.16. The highest BCUT2D eigenvalue weighted by atomic mass is 19.2. The van der Waals surface area contributed by atoms with Gasteiger partial charge in [-0.05, 0) is 18.2 Å². The van der Waals surface area contributed by atoms with E-state index in [0.717, 1.165) is 12.1 Å². The Kier molecular flexibility index (Phi) is 3.10. The summed E-state index contributed by atoms with van der Waals surface area (Å²) < 4.78 is 40.6. The predicted molar refractivity (Wildman–Crippen MR) is 59.7 cm³/mol. The van der Waals surface area contributed by atoms with Crippen LogP contribution in [0, 0.1) is 17.5 Å². The van der Waals surface area contributed by atoms with Gasteiger partial charge in [-0.1, -0.05) is 0 Å². The Morgan fingerprint density at radius 1 is 1.17 bits per heavy atom. The molecule has 0 bridgehead atoms. The SMILES string of the molecule is Cn1ccc(C(=O)Nc2ccc(F)c(F)c2F)c1. The summed E-state index contributed by atoms with van der Waals surface area (Å²) >= 11 is 0. The number of aromatic nitrogens is 1. The first-order valence-corrected chi connectivity index (χ1v) is 5.06. The van der Waals surface area contributed by atoms with Crippen LogP contribution in [-0.4, -0.2) is 10.5 Å². The number of carbonyl (C=O) groups is 1. The van der Waals surface area contributed by atoms with Gasteiger partial charge in [0, 0.05) is 19.4 Å². The molecule has 0 saturated heterocycles. The molecule has 0 aliphatic rings. The average Bonchev–Trinajstić information content (AvgIpc) is 2.77. The van der Waals surface area contributed by atoms with Crippen molar-refractivity contribution in [2.24, 2.45) is 7.05 Å². The molecule has 2 rings (SSSR count). The van der Waals surface area contributed by atoms with Crippen LogP contribution in [0.25, 0.3) is 0 Å². The third kappa shape index (κ3) is 2.22. The Bertz CT molecular complexity index is 607. The third-order valence-corrected chi connectivity index (χ3v) is 2.38. The molecule has 0 unspecified atom stereocenters. The number of aryl methyl sites for hydroxylation is 1. The molecule has 1 aromatic heterocycles. The van der Waals surface area contributed by atoms with Crippen LogP contribution in [-0.2, 0) is 7.05 Å². The van der Waals surface area contributed by atoms with Gasteiger partial charge in [-0.25, -0.2) is 13.2 Å². The highest BCUT2D eigenvalue weighted by Crippen LogP contribution is 2.20. The number of nitrogens with one attached hydrogen (secondary N) is 1. The lowest BCUT2D eigenvalue weighted by molar-refractivity contribution is 0.102. The molecule has 3 nitrogen and oxygen atoms in total. The fourth-order valence-corrected chi connectivity index (χ4v) is 1.45. The number of nitrogens with zero attached hydrogens (tertiary/aromatic N) is 1. The average molecular weight is 254 g/mol. The molecule has 1 aromatic carbocycles. The number of hydrogen-bond acceptors (Lipinski definition) is 1. The molecule has 1 N–H and O–H groups in total. The minimum Gasteiger partial charge on any atom is -0.356 e. The standard InChI is InChI=1S/C12H9F3N2O/c1-17-5-4-7(6-17)12(18)16-9-3-2-8(13)10(14)11(9)15/h2-6H,1H3,(H,16,18). The van der Waals surface area contributed by atoms with E-state index < -0.39 is 29.0 Å². The lowest BCUT2D eigenvalue weighted by Gasteiger charge is -2.06. The molecular weight excluding hydrogens is 245 g/mol. The monoisotopic (exact) mass is 254 g/mol. The maximum Gasteiger partial charge on any atom is 0.257 e. The minimum absolute atomic E-state index is 0.293. The maximum atomic E-state index is 13.3. The molecule has 0 fully saturated rings. The molecule has 2 aromatic rings. The summed E-state index contributed by atoms with van der Waals surface area (Å²) in [5, 5.41) is 2.17. The van der Waals surface area contributed by atoms with Crippen molar-refractivity contribution in [3.63, 3.8) is 0 Å². The Balaban J connectivity index is 2.25. The van der Waals surface area contributed by atoms with Crippen molar-refractivity contribution in [1.29, 1.82) is 0 Å². The minimum atomic E-state index is -1.61. The Morgan fingerprint density at radius 2 is 1.89 bits per heavy atom. The summed E-state index contributed by atoms with van der Waals surface area (Å²) in [6.07, 6.45) is 3.16. The van der Waals surface area contributed by atoms with Crippen LogP contribution >= 0.6 is 0 Å². The molecular formula is C12H9F3N2O. The fraction of sp³-hybridized carbons (Fsp3) is 0.0833. The number of halogens is 3. The number of benzene rings is 1. The van der Waals surface area contributed by atoms with Crippen molar-refractivity contribution in [2.45, 2.75) is 0 Å². The summed E-state index contributed by atoms with van der Waals surface area (Å²) in [6, 6.07) is 3.24. The lowest BCUT2D eigenvalue weighted by Crippen LogP contribution is -2.13. The van der Waals surface area contributed by atoms with E-state index in [-0.39, 0.29) is 0 Å². The number of carbonyl (C=O) groups excluding carboxylic acids is 1. The van der Waals surface area contributed by atoms with Gasteiger partial charge in [0.25, 0.3) is 5.91 Å². The molecule has 0 saturated carbocycles. The molecule has 94 valence electrons. The topological polar surface area (TPSA) is 34.0 Å². The normalized spacial score (nSPS) is 10.4. The zero-order valence-electron chi connectivity index (χ0n) is 9.38. The van der Waals surface area contributed by atoms with Crippen LogP contribution < -0.4 is 5.32 Å². The molecule has 0 aliphatic carbocycles. The highest BCUT2D eigenvalue weighted by molar-refractivity contribution is 6.04. The number of amides is 1. The van der Waals surface area contributed by atoms with Gasteiger partial charge in [-0.2, -0.15) is 0 Å². The lowest BCUT2D eigenvalue weighted by atomic mass is 10.2. The Morgan fingerprint density at radius 3 is 2.50 bits per heavy atom. The van der Waals surface area contributed by atoms with E-state index in [9.17, 15) is 18.0 Å². The van der Waals surface area contributed by atoms with Crippen molar-refractivity contribution in [1.82, 2.24) is 4.57 Å². The Hall–Kier alpha value is -2.24. The zero-order chi connectivity index (χ0) is 13.3. The van der Waals surface area contributed by atoms with Gasteiger partial charge in [0.2, 0.25) is 0 Å². The van der Waals surface area contributed by atoms with Crippen LogP contribution in [0.15, 0.2) is 30.6 Å². The van der Waals surface area contributed by atoms with E-state index in [1.807, 2.05) is 0 Å². The van der Waals surface area contributed by atoms with Crippen molar-refractivity contribution in [3.05, 3.63) is 53.6 Å². The Labute approximate surface area is 101 Å². The molecule has 1 amide bonds.